The lowest BCUT2D eigenvalue weighted by atomic mass is 10.2. The van der Waals surface area contributed by atoms with Gasteiger partial charge in [-0.1, -0.05) is 24.3 Å². The number of pyridine rings is 2. The smallest absolute Gasteiger partial charge is 0.325 e. The quantitative estimate of drug-likeness (QED) is 0.172. The van der Waals surface area contributed by atoms with Crippen molar-refractivity contribution in [1.29, 1.82) is 0 Å². The van der Waals surface area contributed by atoms with Crippen LogP contribution < -0.4 is 35.6 Å². The van der Waals surface area contributed by atoms with Crippen molar-refractivity contribution in [2.45, 2.75) is 20.1 Å². The number of aromatic nitrogens is 4. The number of methoxy groups -OCH3 is 2. The molecule has 0 radical (unpaired) electrons. The van der Waals surface area contributed by atoms with E-state index in [2.05, 4.69) is 25.3 Å². The Labute approximate surface area is 259 Å². The molecule has 3 heterocycles. The summed E-state index contributed by atoms with van der Waals surface area (Å²) in [5, 5.41) is 2.88. The Morgan fingerprint density at radius 3 is 1.96 bits per heavy atom. The maximum atomic E-state index is 11.3. The lowest BCUT2D eigenvalue weighted by Crippen LogP contribution is -2.17. The molecule has 0 fully saturated rings. The number of hydrogen-bond acceptors (Lipinski definition) is 12. The van der Waals surface area contributed by atoms with E-state index < -0.39 is 0 Å². The van der Waals surface area contributed by atoms with Crippen molar-refractivity contribution in [3.63, 3.8) is 0 Å². The van der Waals surface area contributed by atoms with E-state index in [4.69, 9.17) is 29.4 Å². The zero-order valence-corrected chi connectivity index (χ0v) is 25.1. The van der Waals surface area contributed by atoms with E-state index in [0.717, 1.165) is 22.6 Å². The largest absolute Gasteiger partial charge is 0.497 e. The van der Waals surface area contributed by atoms with Gasteiger partial charge in [0.15, 0.2) is 11.5 Å². The number of anilines is 2. The van der Waals surface area contributed by atoms with Crippen molar-refractivity contribution in [1.82, 2.24) is 19.9 Å². The minimum Gasteiger partial charge on any atom is -0.497 e. The van der Waals surface area contributed by atoms with Gasteiger partial charge in [-0.2, -0.15) is 9.97 Å². The van der Waals surface area contributed by atoms with E-state index in [1.54, 1.807) is 45.4 Å². The first-order valence-electron chi connectivity index (χ1n) is 13.9. The average molecular weight is 615 g/mol. The maximum Gasteiger partial charge on any atom is 0.325 e. The second-order valence-electron chi connectivity index (χ2n) is 9.28. The molecule has 0 unspecified atom stereocenters. The summed E-state index contributed by atoms with van der Waals surface area (Å²) >= 11 is 0. The zero-order valence-electron chi connectivity index (χ0n) is 25.1. The summed E-state index contributed by atoms with van der Waals surface area (Å²) in [4.78, 5) is 37.5. The third kappa shape index (κ3) is 9.85. The number of rotatable bonds is 12. The second kappa shape index (κ2) is 16.1. The van der Waals surface area contributed by atoms with Crippen LogP contribution in [0.5, 0.6) is 23.3 Å². The number of fused-ring (bicyclic) bond motifs is 1. The third-order valence-corrected chi connectivity index (χ3v) is 6.13. The van der Waals surface area contributed by atoms with Crippen LogP contribution in [0.2, 0.25) is 0 Å². The second-order valence-corrected chi connectivity index (χ2v) is 9.28. The van der Waals surface area contributed by atoms with Crippen molar-refractivity contribution < 1.29 is 28.5 Å². The molecule has 0 spiro atoms. The molecular weight excluding hydrogens is 580 g/mol. The van der Waals surface area contributed by atoms with Crippen molar-refractivity contribution in [2.75, 3.05) is 38.4 Å². The van der Waals surface area contributed by atoms with Crippen LogP contribution in [0, 0.1) is 0 Å². The molecule has 4 N–H and O–H groups in total. The molecule has 0 atom stereocenters. The number of nitrogens with two attached hydrogens (primary N) is 1. The first-order valence-corrected chi connectivity index (χ1v) is 13.9. The van der Waals surface area contributed by atoms with Crippen LogP contribution in [-0.2, 0) is 22.7 Å². The predicted octanol–water partition coefficient (Wildman–Crippen LogP) is 4.13. The predicted molar refractivity (Wildman–Crippen MR) is 169 cm³/mol. The molecule has 5 rings (SSSR count). The van der Waals surface area contributed by atoms with Gasteiger partial charge in [0.1, 0.15) is 36.8 Å². The number of nitrogens with one attached hydrogen (secondary N) is 2. The van der Waals surface area contributed by atoms with E-state index in [0.29, 0.717) is 48.4 Å². The van der Waals surface area contributed by atoms with E-state index in [9.17, 15) is 9.59 Å². The number of hydrogen-bond donors (Lipinski definition) is 3. The van der Waals surface area contributed by atoms with Gasteiger partial charge in [-0.3, -0.25) is 9.59 Å². The SMILES string of the molecule is CCOC(=O)CNc1ccc(OCc2ccc(OC)cc2)nc1N.COc1ccc(COc2ccc3ncc(=O)[nH]c3n2)cc1. The van der Waals surface area contributed by atoms with E-state index in [-0.39, 0.29) is 23.9 Å². The first-order chi connectivity index (χ1) is 21.9. The lowest BCUT2D eigenvalue weighted by Gasteiger charge is -2.11. The zero-order chi connectivity index (χ0) is 32.0. The Hall–Kier alpha value is -5.85. The standard InChI is InChI=1S/C17H21N3O4.C15H13N3O3/c1-3-23-16(21)10-19-14-8-9-15(20-17(14)18)24-11-12-4-6-13(22-2)7-5-12;1-20-11-4-2-10(3-5-11)9-21-14-7-6-12-15(18-14)17-13(19)8-16-12/h4-9,19H,3,10-11H2,1-2H3,(H2,18,20);2-8H,9H2,1H3,(H,17,18,19). The van der Waals surface area contributed by atoms with Gasteiger partial charge in [-0.25, -0.2) is 4.98 Å². The number of nitrogens with zero attached hydrogens (tertiary/aromatic N) is 3. The highest BCUT2D eigenvalue weighted by Crippen LogP contribution is 2.21. The Kier molecular flexibility index (Phi) is 11.5. The molecule has 13 nitrogen and oxygen atoms in total. The van der Waals surface area contributed by atoms with Gasteiger partial charge in [0, 0.05) is 12.1 Å². The molecule has 0 amide bonds. The van der Waals surface area contributed by atoms with E-state index in [1.807, 2.05) is 48.5 Å². The molecule has 0 bridgehead atoms. The summed E-state index contributed by atoms with van der Waals surface area (Å²) in [7, 11) is 3.25. The van der Waals surface area contributed by atoms with Gasteiger partial charge < -0.3 is 39.7 Å². The Balaban J connectivity index is 0.000000206. The molecule has 45 heavy (non-hydrogen) atoms. The molecule has 0 aliphatic carbocycles. The van der Waals surface area contributed by atoms with Crippen LogP contribution in [0.1, 0.15) is 18.1 Å². The van der Waals surface area contributed by atoms with Crippen LogP contribution in [-0.4, -0.2) is 53.3 Å². The molecular formula is C32H34N6O7. The van der Waals surface area contributed by atoms with Crippen LogP contribution in [0.4, 0.5) is 11.5 Å². The number of carbonyl (C=O) groups is 1. The molecule has 0 aliphatic rings. The van der Waals surface area contributed by atoms with Crippen molar-refractivity contribution in [3.05, 3.63) is 100 Å². The summed E-state index contributed by atoms with van der Waals surface area (Å²) in [6.45, 7) is 2.87. The normalized spacial score (nSPS) is 10.3. The van der Waals surface area contributed by atoms with E-state index in [1.165, 1.54) is 6.20 Å². The highest BCUT2D eigenvalue weighted by molar-refractivity contribution is 5.76. The number of ether oxygens (including phenoxy) is 5. The molecule has 0 aliphatic heterocycles. The highest BCUT2D eigenvalue weighted by Gasteiger charge is 2.07. The summed E-state index contributed by atoms with van der Waals surface area (Å²) in [5.41, 5.74) is 9.15. The minimum atomic E-state index is -0.350. The Bertz CT molecular complexity index is 1740. The number of aromatic amines is 1. The topological polar surface area (TPSA) is 173 Å². The van der Waals surface area contributed by atoms with Gasteiger partial charge >= 0.3 is 5.97 Å². The van der Waals surface area contributed by atoms with Crippen molar-refractivity contribution >= 4 is 28.6 Å². The molecule has 13 heteroatoms. The average Bonchev–Trinajstić information content (AvgIpc) is 3.06. The number of carbonyl (C=O) groups excluding carboxylic acids is 1. The monoisotopic (exact) mass is 614 g/mol. The van der Waals surface area contributed by atoms with Crippen LogP contribution in [0.15, 0.2) is 83.8 Å². The van der Waals surface area contributed by atoms with Gasteiger partial charge in [-0.15, -0.1) is 0 Å². The van der Waals surface area contributed by atoms with Crippen molar-refractivity contribution in [3.8, 4) is 23.3 Å². The Morgan fingerprint density at radius 2 is 1.40 bits per heavy atom. The number of H-pyrrole nitrogens is 1. The summed E-state index contributed by atoms with van der Waals surface area (Å²) in [5.74, 6) is 2.33. The molecule has 2 aromatic carbocycles. The number of esters is 1. The molecule has 3 aromatic heterocycles. The van der Waals surface area contributed by atoms with Gasteiger partial charge in [0.2, 0.25) is 11.8 Å². The highest BCUT2D eigenvalue weighted by atomic mass is 16.5. The summed E-state index contributed by atoms with van der Waals surface area (Å²) < 4.78 is 26.3. The fourth-order valence-corrected chi connectivity index (χ4v) is 3.81. The molecule has 234 valence electrons. The summed E-state index contributed by atoms with van der Waals surface area (Å²) in [6.07, 6.45) is 1.22. The number of benzene rings is 2. The molecule has 5 aromatic rings. The van der Waals surface area contributed by atoms with Crippen LogP contribution in [0.25, 0.3) is 11.2 Å². The van der Waals surface area contributed by atoms with Crippen LogP contribution >= 0.6 is 0 Å². The van der Waals surface area contributed by atoms with E-state index >= 15 is 0 Å². The molecule has 0 saturated carbocycles. The lowest BCUT2D eigenvalue weighted by molar-refractivity contribution is -0.140. The fourth-order valence-electron chi connectivity index (χ4n) is 3.81. The van der Waals surface area contributed by atoms with Gasteiger partial charge in [-0.05, 0) is 54.4 Å². The fraction of sp³-hybridized carbons (Fsp3) is 0.219. The number of nitrogen functional groups attached to an aromatic ring is 1. The van der Waals surface area contributed by atoms with Gasteiger partial charge in [0.05, 0.1) is 32.7 Å². The van der Waals surface area contributed by atoms with Gasteiger partial charge in [0.25, 0.3) is 5.56 Å². The third-order valence-electron chi connectivity index (χ3n) is 6.13. The maximum absolute atomic E-state index is 11.3. The Morgan fingerprint density at radius 1 is 0.822 bits per heavy atom. The molecule has 0 saturated heterocycles. The first kappa shape index (κ1) is 32.1. The van der Waals surface area contributed by atoms with Crippen molar-refractivity contribution in [2.24, 2.45) is 0 Å². The van der Waals surface area contributed by atoms with Crippen LogP contribution in [0.3, 0.4) is 0 Å². The summed E-state index contributed by atoms with van der Waals surface area (Å²) in [6, 6.07) is 22.0. The minimum absolute atomic E-state index is 0.0335.